The number of anilines is 1. The maximum absolute atomic E-state index is 12.2. The Hall–Kier alpha value is -1.61. The summed E-state index contributed by atoms with van der Waals surface area (Å²) in [6.07, 6.45) is 1.41. The standard InChI is InChI=1S/C15H17NOS/c1-2-16(13-7-4-3-5-8-13)15(17)11-10-14-9-6-12-18-14/h3-9,12H,2,10-11H2,1H3. The minimum atomic E-state index is 0.192. The van der Waals surface area contributed by atoms with Gasteiger partial charge in [0, 0.05) is 23.5 Å². The van der Waals surface area contributed by atoms with Crippen molar-refractivity contribution in [1.82, 2.24) is 0 Å². The average Bonchev–Trinajstić information content (AvgIpc) is 2.92. The van der Waals surface area contributed by atoms with Crippen LogP contribution in [0.3, 0.4) is 0 Å². The molecule has 0 aliphatic rings. The third-order valence-corrected chi connectivity index (χ3v) is 3.79. The van der Waals surface area contributed by atoms with Crippen LogP contribution in [0.4, 0.5) is 5.69 Å². The molecule has 94 valence electrons. The molecule has 18 heavy (non-hydrogen) atoms. The SMILES string of the molecule is CCN(C(=O)CCc1cccs1)c1ccccc1. The molecular weight excluding hydrogens is 242 g/mol. The molecule has 0 saturated heterocycles. The molecule has 0 radical (unpaired) electrons. The molecule has 2 nitrogen and oxygen atoms in total. The summed E-state index contributed by atoms with van der Waals surface area (Å²) in [5.74, 6) is 0.192. The van der Waals surface area contributed by atoms with Crippen molar-refractivity contribution in [2.75, 3.05) is 11.4 Å². The minimum absolute atomic E-state index is 0.192. The Morgan fingerprint density at radius 3 is 2.56 bits per heavy atom. The second kappa shape index (κ2) is 6.36. The van der Waals surface area contributed by atoms with E-state index in [1.165, 1.54) is 4.88 Å². The van der Waals surface area contributed by atoms with Gasteiger partial charge >= 0.3 is 0 Å². The Kier molecular flexibility index (Phi) is 4.53. The van der Waals surface area contributed by atoms with E-state index in [4.69, 9.17) is 0 Å². The summed E-state index contributed by atoms with van der Waals surface area (Å²) in [6, 6.07) is 14.0. The Morgan fingerprint density at radius 2 is 1.94 bits per heavy atom. The summed E-state index contributed by atoms with van der Waals surface area (Å²) in [4.78, 5) is 15.3. The molecule has 0 atom stereocenters. The van der Waals surface area contributed by atoms with Crippen molar-refractivity contribution in [3.63, 3.8) is 0 Å². The van der Waals surface area contributed by atoms with E-state index >= 15 is 0 Å². The first-order valence-corrected chi connectivity index (χ1v) is 7.07. The molecule has 2 rings (SSSR count). The van der Waals surface area contributed by atoms with Gasteiger partial charge in [-0.15, -0.1) is 11.3 Å². The number of para-hydroxylation sites is 1. The van der Waals surface area contributed by atoms with E-state index in [1.54, 1.807) is 11.3 Å². The Bertz CT molecular complexity index is 478. The van der Waals surface area contributed by atoms with Crippen LogP contribution in [0.2, 0.25) is 0 Å². The van der Waals surface area contributed by atoms with Gasteiger partial charge in [-0.2, -0.15) is 0 Å². The molecule has 0 spiro atoms. The van der Waals surface area contributed by atoms with Gasteiger partial charge in [0.15, 0.2) is 0 Å². The van der Waals surface area contributed by atoms with Gasteiger partial charge in [0.1, 0.15) is 0 Å². The predicted molar refractivity (Wildman–Crippen MR) is 77.1 cm³/mol. The van der Waals surface area contributed by atoms with Crippen molar-refractivity contribution in [3.05, 3.63) is 52.7 Å². The lowest BCUT2D eigenvalue weighted by molar-refractivity contribution is -0.118. The highest BCUT2D eigenvalue weighted by molar-refractivity contribution is 7.09. The number of carbonyl (C=O) groups excluding carboxylic acids is 1. The third-order valence-electron chi connectivity index (χ3n) is 2.85. The van der Waals surface area contributed by atoms with Crippen molar-refractivity contribution < 1.29 is 4.79 Å². The van der Waals surface area contributed by atoms with Gasteiger partial charge in [-0.05, 0) is 36.9 Å². The largest absolute Gasteiger partial charge is 0.313 e. The smallest absolute Gasteiger partial charge is 0.227 e. The molecule has 0 bridgehead atoms. The van der Waals surface area contributed by atoms with Crippen molar-refractivity contribution >= 4 is 22.9 Å². The first kappa shape index (κ1) is 12.8. The Labute approximate surface area is 112 Å². The normalized spacial score (nSPS) is 10.3. The van der Waals surface area contributed by atoms with E-state index in [9.17, 15) is 4.79 Å². The van der Waals surface area contributed by atoms with Gasteiger partial charge in [-0.25, -0.2) is 0 Å². The van der Waals surface area contributed by atoms with Crippen molar-refractivity contribution in [3.8, 4) is 0 Å². The fourth-order valence-electron chi connectivity index (χ4n) is 1.93. The summed E-state index contributed by atoms with van der Waals surface area (Å²) < 4.78 is 0. The zero-order valence-corrected chi connectivity index (χ0v) is 11.3. The van der Waals surface area contributed by atoms with E-state index in [-0.39, 0.29) is 5.91 Å². The lowest BCUT2D eigenvalue weighted by atomic mass is 10.2. The molecule has 0 fully saturated rings. The topological polar surface area (TPSA) is 20.3 Å². The van der Waals surface area contributed by atoms with Crippen LogP contribution in [0.5, 0.6) is 0 Å². The number of hydrogen-bond acceptors (Lipinski definition) is 2. The van der Waals surface area contributed by atoms with Gasteiger partial charge in [0.2, 0.25) is 5.91 Å². The number of rotatable bonds is 5. The van der Waals surface area contributed by atoms with E-state index in [1.807, 2.05) is 48.2 Å². The van der Waals surface area contributed by atoms with Crippen LogP contribution in [0.15, 0.2) is 47.8 Å². The van der Waals surface area contributed by atoms with Crippen molar-refractivity contribution in [2.24, 2.45) is 0 Å². The molecule has 3 heteroatoms. The minimum Gasteiger partial charge on any atom is -0.313 e. The van der Waals surface area contributed by atoms with Crippen LogP contribution in [0.25, 0.3) is 0 Å². The lowest BCUT2D eigenvalue weighted by Gasteiger charge is -2.20. The zero-order valence-electron chi connectivity index (χ0n) is 10.5. The highest BCUT2D eigenvalue weighted by atomic mass is 32.1. The molecule has 0 aliphatic carbocycles. The van der Waals surface area contributed by atoms with Crippen LogP contribution < -0.4 is 4.90 Å². The Morgan fingerprint density at radius 1 is 1.17 bits per heavy atom. The number of carbonyl (C=O) groups is 1. The molecule has 0 unspecified atom stereocenters. The maximum Gasteiger partial charge on any atom is 0.227 e. The first-order chi connectivity index (χ1) is 8.81. The highest BCUT2D eigenvalue weighted by Gasteiger charge is 2.13. The zero-order chi connectivity index (χ0) is 12.8. The number of thiophene rings is 1. The summed E-state index contributed by atoms with van der Waals surface area (Å²) in [7, 11) is 0. The molecule has 0 aliphatic heterocycles. The summed E-state index contributed by atoms with van der Waals surface area (Å²) >= 11 is 1.71. The van der Waals surface area contributed by atoms with Gasteiger partial charge < -0.3 is 4.90 Å². The molecule has 1 aromatic heterocycles. The van der Waals surface area contributed by atoms with Gasteiger partial charge in [0.25, 0.3) is 0 Å². The second-order valence-electron chi connectivity index (χ2n) is 4.05. The Balaban J connectivity index is 1.98. The number of hydrogen-bond donors (Lipinski definition) is 0. The van der Waals surface area contributed by atoms with Gasteiger partial charge in [0.05, 0.1) is 0 Å². The number of benzene rings is 1. The van der Waals surface area contributed by atoms with Crippen LogP contribution >= 0.6 is 11.3 Å². The fourth-order valence-corrected chi connectivity index (χ4v) is 2.64. The molecular formula is C15H17NOS. The van der Waals surface area contributed by atoms with E-state index < -0.39 is 0 Å². The number of aryl methyl sites for hydroxylation is 1. The molecule has 2 aromatic rings. The van der Waals surface area contributed by atoms with Crippen molar-refractivity contribution in [2.45, 2.75) is 19.8 Å². The molecule has 1 amide bonds. The number of nitrogens with zero attached hydrogens (tertiary/aromatic N) is 1. The maximum atomic E-state index is 12.2. The van der Waals surface area contributed by atoms with Crippen LogP contribution in [-0.2, 0) is 11.2 Å². The quantitative estimate of drug-likeness (QED) is 0.801. The van der Waals surface area contributed by atoms with Crippen LogP contribution in [-0.4, -0.2) is 12.5 Å². The fraction of sp³-hybridized carbons (Fsp3) is 0.267. The van der Waals surface area contributed by atoms with E-state index in [0.29, 0.717) is 13.0 Å². The van der Waals surface area contributed by atoms with Gasteiger partial charge in [-0.1, -0.05) is 24.3 Å². The monoisotopic (exact) mass is 259 g/mol. The summed E-state index contributed by atoms with van der Waals surface area (Å²) in [5, 5.41) is 2.05. The summed E-state index contributed by atoms with van der Waals surface area (Å²) in [5.41, 5.74) is 0.983. The molecule has 0 saturated carbocycles. The van der Waals surface area contributed by atoms with Gasteiger partial charge in [-0.3, -0.25) is 4.79 Å². The van der Waals surface area contributed by atoms with Crippen LogP contribution in [0.1, 0.15) is 18.2 Å². The van der Waals surface area contributed by atoms with Crippen molar-refractivity contribution in [1.29, 1.82) is 0 Å². The van der Waals surface area contributed by atoms with E-state index in [2.05, 4.69) is 11.4 Å². The van der Waals surface area contributed by atoms with Crippen LogP contribution in [0, 0.1) is 0 Å². The highest BCUT2D eigenvalue weighted by Crippen LogP contribution is 2.16. The first-order valence-electron chi connectivity index (χ1n) is 6.19. The molecule has 0 N–H and O–H groups in total. The molecule has 1 heterocycles. The number of amides is 1. The third kappa shape index (κ3) is 3.20. The lowest BCUT2D eigenvalue weighted by Crippen LogP contribution is -2.30. The molecule has 1 aromatic carbocycles. The average molecular weight is 259 g/mol. The van der Waals surface area contributed by atoms with E-state index in [0.717, 1.165) is 12.1 Å². The second-order valence-corrected chi connectivity index (χ2v) is 5.09. The summed E-state index contributed by atoms with van der Waals surface area (Å²) in [6.45, 7) is 2.73. The predicted octanol–water partition coefficient (Wildman–Crippen LogP) is 3.73.